The number of para-hydroxylation sites is 1. The molecule has 170 valence electrons. The number of fused-ring (bicyclic) bond motifs is 1. The van der Waals surface area contributed by atoms with Crippen LogP contribution in [0.4, 0.5) is 8.78 Å². The van der Waals surface area contributed by atoms with E-state index in [0.717, 1.165) is 10.9 Å². The van der Waals surface area contributed by atoms with Crippen LogP contribution in [-0.4, -0.2) is 26.3 Å². The molecule has 1 N–H and O–H groups in total. The Bertz CT molecular complexity index is 1450. The first-order chi connectivity index (χ1) is 16.3. The average Bonchev–Trinajstić information content (AvgIpc) is 3.29. The highest BCUT2D eigenvalue weighted by Gasteiger charge is 2.47. The Morgan fingerprint density at radius 1 is 0.912 bits per heavy atom. The monoisotopic (exact) mass is 458 g/mol. The summed E-state index contributed by atoms with van der Waals surface area (Å²) in [7, 11) is 1.86. The minimum absolute atomic E-state index is 0.0406. The predicted octanol–water partition coefficient (Wildman–Crippen LogP) is 5.08. The lowest BCUT2D eigenvalue weighted by Crippen LogP contribution is -2.29. The molecule has 0 bridgehead atoms. The molecule has 5 nitrogen and oxygen atoms in total. The van der Waals surface area contributed by atoms with E-state index in [9.17, 15) is 23.5 Å². The number of nitrogens with zero attached hydrogens (tertiary/aromatic N) is 2. The summed E-state index contributed by atoms with van der Waals surface area (Å²) in [5.74, 6) is -2.88. The molecule has 0 radical (unpaired) electrons. The van der Waals surface area contributed by atoms with Crippen molar-refractivity contribution in [3.8, 4) is 0 Å². The van der Waals surface area contributed by atoms with Crippen molar-refractivity contribution < 1.29 is 23.5 Å². The molecule has 0 saturated carbocycles. The third-order valence-corrected chi connectivity index (χ3v) is 6.15. The van der Waals surface area contributed by atoms with Crippen LogP contribution in [0.15, 0.2) is 84.6 Å². The third kappa shape index (κ3) is 3.55. The van der Waals surface area contributed by atoms with Crippen LogP contribution in [0.2, 0.25) is 0 Å². The Balaban J connectivity index is 1.72. The van der Waals surface area contributed by atoms with Gasteiger partial charge in [0.1, 0.15) is 17.4 Å². The van der Waals surface area contributed by atoms with Gasteiger partial charge in [-0.15, -0.1) is 0 Å². The maximum atomic E-state index is 13.5. The van der Waals surface area contributed by atoms with E-state index in [1.54, 1.807) is 12.1 Å². The molecule has 1 aliphatic rings. The lowest BCUT2D eigenvalue weighted by Gasteiger charge is -2.25. The lowest BCUT2D eigenvalue weighted by molar-refractivity contribution is -0.140. The maximum Gasteiger partial charge on any atom is 0.295 e. The Labute approximate surface area is 194 Å². The number of hydrogen-bond acceptors (Lipinski definition) is 3. The third-order valence-electron chi connectivity index (χ3n) is 6.15. The van der Waals surface area contributed by atoms with Crippen molar-refractivity contribution in [1.82, 2.24) is 9.47 Å². The van der Waals surface area contributed by atoms with E-state index in [4.69, 9.17) is 0 Å². The number of carbonyl (C=O) groups excluding carboxylic acids is 2. The maximum absolute atomic E-state index is 13.5. The van der Waals surface area contributed by atoms with Crippen LogP contribution >= 0.6 is 0 Å². The van der Waals surface area contributed by atoms with E-state index in [-0.39, 0.29) is 23.4 Å². The Morgan fingerprint density at radius 3 is 2.21 bits per heavy atom. The number of amides is 1. The van der Waals surface area contributed by atoms with Crippen LogP contribution in [0.3, 0.4) is 0 Å². The van der Waals surface area contributed by atoms with Crippen LogP contribution in [0.25, 0.3) is 16.7 Å². The summed E-state index contributed by atoms with van der Waals surface area (Å²) in [4.78, 5) is 27.8. The second-order valence-electron chi connectivity index (χ2n) is 8.27. The van der Waals surface area contributed by atoms with Gasteiger partial charge in [-0.1, -0.05) is 30.3 Å². The van der Waals surface area contributed by atoms with Crippen molar-refractivity contribution in [3.05, 3.63) is 113 Å². The first kappa shape index (κ1) is 21.6. The van der Waals surface area contributed by atoms with E-state index in [0.29, 0.717) is 11.1 Å². The van der Waals surface area contributed by atoms with Crippen LogP contribution in [0.5, 0.6) is 0 Å². The van der Waals surface area contributed by atoms with Gasteiger partial charge in [-0.2, -0.15) is 0 Å². The molecule has 1 saturated heterocycles. The van der Waals surface area contributed by atoms with E-state index in [2.05, 4.69) is 0 Å². The molecule has 4 aromatic rings. The fourth-order valence-corrected chi connectivity index (χ4v) is 4.51. The predicted molar refractivity (Wildman–Crippen MR) is 124 cm³/mol. The molecule has 0 spiro atoms. The number of ketones is 1. The number of hydrogen-bond donors (Lipinski definition) is 1. The first-order valence-electron chi connectivity index (χ1n) is 10.7. The van der Waals surface area contributed by atoms with Crippen molar-refractivity contribution in [2.24, 2.45) is 7.05 Å². The van der Waals surface area contributed by atoms with E-state index in [1.807, 2.05) is 42.1 Å². The molecule has 0 aliphatic carbocycles. The van der Waals surface area contributed by atoms with Gasteiger partial charge >= 0.3 is 0 Å². The number of aromatic nitrogens is 1. The molecule has 1 atom stereocenters. The number of halogens is 2. The zero-order chi connectivity index (χ0) is 24.0. The highest BCUT2D eigenvalue weighted by molar-refractivity contribution is 6.46. The SMILES string of the molecule is Cn1cc(C2/C(=C(\O)c3ccc(F)cc3)C(=O)C(=O)N2Cc2ccc(F)cc2)c2ccccc21. The topological polar surface area (TPSA) is 62.5 Å². The molecule has 1 amide bonds. The van der Waals surface area contributed by atoms with Gasteiger partial charge in [0.05, 0.1) is 11.6 Å². The lowest BCUT2D eigenvalue weighted by atomic mass is 9.95. The van der Waals surface area contributed by atoms with Crippen LogP contribution in [0.1, 0.15) is 22.7 Å². The van der Waals surface area contributed by atoms with Gasteiger partial charge in [0.2, 0.25) is 0 Å². The Kier molecular flexibility index (Phi) is 5.24. The zero-order valence-electron chi connectivity index (χ0n) is 18.2. The van der Waals surface area contributed by atoms with E-state index >= 15 is 0 Å². The smallest absolute Gasteiger partial charge is 0.295 e. The molecule has 7 heteroatoms. The Morgan fingerprint density at radius 2 is 1.53 bits per heavy atom. The first-order valence-corrected chi connectivity index (χ1v) is 10.7. The number of rotatable bonds is 4. The van der Waals surface area contributed by atoms with E-state index < -0.39 is 29.4 Å². The van der Waals surface area contributed by atoms with Crippen LogP contribution < -0.4 is 0 Å². The fraction of sp³-hybridized carbons (Fsp3) is 0.111. The number of aryl methyl sites for hydroxylation is 1. The Hall–Kier alpha value is -4.26. The summed E-state index contributed by atoms with van der Waals surface area (Å²) < 4.78 is 28.8. The number of aliphatic hydroxyl groups is 1. The highest BCUT2D eigenvalue weighted by Crippen LogP contribution is 2.43. The van der Waals surface area contributed by atoms with Crippen molar-refractivity contribution in [1.29, 1.82) is 0 Å². The quantitative estimate of drug-likeness (QED) is 0.264. The zero-order valence-corrected chi connectivity index (χ0v) is 18.2. The van der Waals surface area contributed by atoms with Crippen molar-refractivity contribution in [2.45, 2.75) is 12.6 Å². The van der Waals surface area contributed by atoms with Crippen molar-refractivity contribution in [3.63, 3.8) is 0 Å². The normalized spacial score (nSPS) is 17.6. The van der Waals surface area contributed by atoms with Crippen LogP contribution in [0, 0.1) is 11.6 Å². The minimum Gasteiger partial charge on any atom is -0.507 e. The number of aliphatic hydroxyl groups excluding tert-OH is 1. The summed E-state index contributed by atoms with van der Waals surface area (Å²) in [5.41, 5.74) is 2.35. The molecule has 5 rings (SSSR count). The molecular weight excluding hydrogens is 438 g/mol. The molecule has 1 aromatic heterocycles. The molecule has 1 fully saturated rings. The summed E-state index contributed by atoms with van der Waals surface area (Å²) in [6.45, 7) is 0.0406. The fourth-order valence-electron chi connectivity index (χ4n) is 4.51. The molecule has 34 heavy (non-hydrogen) atoms. The number of benzene rings is 3. The van der Waals surface area contributed by atoms with Crippen molar-refractivity contribution >= 4 is 28.4 Å². The molecule has 3 aromatic carbocycles. The van der Waals surface area contributed by atoms with Gasteiger partial charge in [-0.05, 0) is 48.0 Å². The molecule has 2 heterocycles. The molecular formula is C27H20F2N2O3. The second kappa shape index (κ2) is 8.26. The largest absolute Gasteiger partial charge is 0.507 e. The summed E-state index contributed by atoms with van der Waals surface area (Å²) >= 11 is 0. The van der Waals surface area contributed by atoms with Gasteiger partial charge in [0, 0.05) is 41.8 Å². The van der Waals surface area contributed by atoms with Gasteiger partial charge in [0.25, 0.3) is 11.7 Å². The summed E-state index contributed by atoms with van der Waals surface area (Å²) in [6, 6.07) is 17.4. The minimum atomic E-state index is -0.888. The standard InChI is InChI=1S/C27H20F2N2O3/c1-30-15-21(20-4-2-3-5-22(20)30)24-23(25(32)17-8-12-19(29)13-9-17)26(33)27(34)31(24)14-16-6-10-18(28)11-7-16/h2-13,15,24,32H,14H2,1H3/b25-23+. The van der Waals surface area contributed by atoms with Gasteiger partial charge in [-0.25, -0.2) is 8.78 Å². The van der Waals surface area contributed by atoms with E-state index in [1.165, 1.54) is 41.3 Å². The highest BCUT2D eigenvalue weighted by atomic mass is 19.1. The van der Waals surface area contributed by atoms with Gasteiger partial charge in [-0.3, -0.25) is 9.59 Å². The number of carbonyl (C=O) groups is 2. The second-order valence-corrected chi connectivity index (χ2v) is 8.27. The summed E-state index contributed by atoms with van der Waals surface area (Å²) in [5, 5.41) is 12.0. The molecule has 1 aliphatic heterocycles. The van der Waals surface area contributed by atoms with Gasteiger partial charge in [0.15, 0.2) is 0 Å². The molecule has 1 unspecified atom stereocenters. The number of Topliss-reactive ketones (excluding diaryl/α,β-unsaturated/α-hetero) is 1. The van der Waals surface area contributed by atoms with Crippen molar-refractivity contribution in [2.75, 3.05) is 0 Å². The average molecular weight is 458 g/mol. The van der Waals surface area contributed by atoms with Crippen LogP contribution in [-0.2, 0) is 23.2 Å². The number of likely N-dealkylation sites (tertiary alicyclic amines) is 1. The van der Waals surface area contributed by atoms with Gasteiger partial charge < -0.3 is 14.6 Å². The summed E-state index contributed by atoms with van der Waals surface area (Å²) in [6.07, 6.45) is 1.83.